The average molecular weight is 329 g/mol. The average Bonchev–Trinajstić information content (AvgIpc) is 2.59. The predicted octanol–water partition coefficient (Wildman–Crippen LogP) is 2.48. The normalized spacial score (nSPS) is 17.5. The first kappa shape index (κ1) is 17.1. The number of aliphatic hydroxyl groups excluding tert-OH is 1. The minimum absolute atomic E-state index is 0.0738. The summed E-state index contributed by atoms with van der Waals surface area (Å²) in [6.45, 7) is 3.34. The molecule has 0 amide bonds. The molecule has 1 aromatic carbocycles. The SMILES string of the molecule is CC(O)CN(CCc1nc2ccccc2c(=O)[nH]1)C1CCCCC1. The minimum Gasteiger partial charge on any atom is -0.392 e. The van der Waals surface area contributed by atoms with E-state index in [1.54, 1.807) is 6.07 Å². The standard InChI is InChI=1S/C19H27N3O2/c1-14(23)13-22(15-7-3-2-4-8-15)12-11-18-20-17-10-6-5-9-16(17)19(24)21-18/h5-6,9-10,14-15,23H,2-4,7-8,11-13H2,1H3,(H,20,21,24). The molecule has 1 fully saturated rings. The van der Waals surface area contributed by atoms with Gasteiger partial charge in [-0.2, -0.15) is 0 Å². The first-order valence-corrected chi connectivity index (χ1v) is 9.03. The number of hydrogen-bond acceptors (Lipinski definition) is 4. The molecule has 5 nitrogen and oxygen atoms in total. The Hall–Kier alpha value is -1.72. The Bertz CT molecular complexity index is 720. The molecule has 0 spiro atoms. The van der Waals surface area contributed by atoms with Gasteiger partial charge in [0.1, 0.15) is 5.82 Å². The van der Waals surface area contributed by atoms with Gasteiger partial charge in [0.15, 0.2) is 0 Å². The van der Waals surface area contributed by atoms with Crippen molar-refractivity contribution in [1.29, 1.82) is 0 Å². The molecule has 0 aliphatic heterocycles. The molecule has 0 saturated heterocycles. The molecule has 1 aliphatic rings. The van der Waals surface area contributed by atoms with Crippen molar-refractivity contribution < 1.29 is 5.11 Å². The Balaban J connectivity index is 1.72. The number of nitrogens with zero attached hydrogens (tertiary/aromatic N) is 2. The molecule has 0 bridgehead atoms. The van der Waals surface area contributed by atoms with Crippen LogP contribution in [0.4, 0.5) is 0 Å². The summed E-state index contributed by atoms with van der Waals surface area (Å²) in [5.41, 5.74) is 0.673. The number of fused-ring (bicyclic) bond motifs is 1. The fourth-order valence-electron chi connectivity index (χ4n) is 3.71. The minimum atomic E-state index is -0.337. The van der Waals surface area contributed by atoms with Gasteiger partial charge in [-0.3, -0.25) is 9.69 Å². The summed E-state index contributed by atoms with van der Waals surface area (Å²) in [6, 6.07) is 7.97. The molecule has 1 aromatic heterocycles. The van der Waals surface area contributed by atoms with Crippen LogP contribution in [0.2, 0.25) is 0 Å². The Morgan fingerprint density at radius 3 is 2.79 bits per heavy atom. The van der Waals surface area contributed by atoms with E-state index in [-0.39, 0.29) is 11.7 Å². The van der Waals surface area contributed by atoms with E-state index in [1.165, 1.54) is 32.1 Å². The number of benzene rings is 1. The van der Waals surface area contributed by atoms with Crippen molar-refractivity contribution in [3.8, 4) is 0 Å². The summed E-state index contributed by atoms with van der Waals surface area (Å²) in [4.78, 5) is 22.0. The number of aromatic amines is 1. The van der Waals surface area contributed by atoms with Gasteiger partial charge in [0, 0.05) is 25.6 Å². The number of H-pyrrole nitrogens is 1. The largest absolute Gasteiger partial charge is 0.392 e. The highest BCUT2D eigenvalue weighted by Crippen LogP contribution is 2.23. The maximum absolute atomic E-state index is 12.2. The van der Waals surface area contributed by atoms with E-state index in [4.69, 9.17) is 0 Å². The molecule has 0 radical (unpaired) electrons. The zero-order chi connectivity index (χ0) is 16.9. The summed E-state index contributed by atoms with van der Waals surface area (Å²) >= 11 is 0. The molecule has 24 heavy (non-hydrogen) atoms. The number of aliphatic hydroxyl groups is 1. The molecule has 130 valence electrons. The lowest BCUT2D eigenvalue weighted by molar-refractivity contribution is 0.0829. The second-order valence-electron chi connectivity index (χ2n) is 6.92. The van der Waals surface area contributed by atoms with Crippen LogP contribution >= 0.6 is 0 Å². The van der Waals surface area contributed by atoms with Crippen LogP contribution in [0.5, 0.6) is 0 Å². The van der Waals surface area contributed by atoms with E-state index in [1.807, 2.05) is 25.1 Å². The van der Waals surface area contributed by atoms with Crippen molar-refractivity contribution in [3.63, 3.8) is 0 Å². The molecule has 1 saturated carbocycles. The van der Waals surface area contributed by atoms with E-state index in [2.05, 4.69) is 14.9 Å². The molecule has 1 aliphatic carbocycles. The van der Waals surface area contributed by atoms with E-state index >= 15 is 0 Å². The van der Waals surface area contributed by atoms with Gasteiger partial charge in [0.25, 0.3) is 5.56 Å². The Morgan fingerprint density at radius 2 is 2.04 bits per heavy atom. The number of para-hydroxylation sites is 1. The van der Waals surface area contributed by atoms with Gasteiger partial charge in [0.2, 0.25) is 0 Å². The summed E-state index contributed by atoms with van der Waals surface area (Å²) in [7, 11) is 0. The summed E-state index contributed by atoms with van der Waals surface area (Å²) in [5.74, 6) is 0.727. The fourth-order valence-corrected chi connectivity index (χ4v) is 3.71. The first-order chi connectivity index (χ1) is 11.6. The summed E-state index contributed by atoms with van der Waals surface area (Å²) < 4.78 is 0. The second kappa shape index (κ2) is 7.90. The molecule has 2 N–H and O–H groups in total. The van der Waals surface area contributed by atoms with E-state index in [0.29, 0.717) is 24.4 Å². The van der Waals surface area contributed by atoms with Crippen molar-refractivity contribution in [1.82, 2.24) is 14.9 Å². The van der Waals surface area contributed by atoms with Crippen molar-refractivity contribution in [2.45, 2.75) is 57.6 Å². The van der Waals surface area contributed by atoms with Crippen LogP contribution in [0, 0.1) is 0 Å². The van der Waals surface area contributed by atoms with Gasteiger partial charge in [-0.15, -0.1) is 0 Å². The van der Waals surface area contributed by atoms with E-state index in [9.17, 15) is 9.90 Å². The first-order valence-electron chi connectivity index (χ1n) is 9.03. The van der Waals surface area contributed by atoms with Crippen LogP contribution < -0.4 is 5.56 Å². The summed E-state index contributed by atoms with van der Waals surface area (Å²) in [6.07, 6.45) is 6.62. The van der Waals surface area contributed by atoms with Gasteiger partial charge < -0.3 is 10.1 Å². The van der Waals surface area contributed by atoms with Gasteiger partial charge in [-0.05, 0) is 31.9 Å². The van der Waals surface area contributed by atoms with Gasteiger partial charge >= 0.3 is 0 Å². The van der Waals surface area contributed by atoms with Crippen molar-refractivity contribution >= 4 is 10.9 Å². The molecular weight excluding hydrogens is 302 g/mol. The van der Waals surface area contributed by atoms with Crippen LogP contribution in [0.3, 0.4) is 0 Å². The maximum atomic E-state index is 12.2. The van der Waals surface area contributed by atoms with Crippen molar-refractivity contribution in [2.75, 3.05) is 13.1 Å². The third-order valence-electron chi connectivity index (χ3n) is 4.89. The fraction of sp³-hybridized carbons (Fsp3) is 0.579. The van der Waals surface area contributed by atoms with Crippen LogP contribution in [-0.2, 0) is 6.42 Å². The molecule has 5 heteroatoms. The quantitative estimate of drug-likeness (QED) is 0.854. The Morgan fingerprint density at radius 1 is 1.29 bits per heavy atom. The molecule has 1 heterocycles. The molecule has 1 unspecified atom stereocenters. The Labute approximate surface area is 142 Å². The molecule has 1 atom stereocenters. The van der Waals surface area contributed by atoms with Gasteiger partial charge in [-0.25, -0.2) is 4.98 Å². The smallest absolute Gasteiger partial charge is 0.258 e. The van der Waals surface area contributed by atoms with E-state index < -0.39 is 0 Å². The van der Waals surface area contributed by atoms with Crippen LogP contribution in [0.25, 0.3) is 10.9 Å². The highest BCUT2D eigenvalue weighted by Gasteiger charge is 2.22. The lowest BCUT2D eigenvalue weighted by atomic mass is 9.94. The third kappa shape index (κ3) is 4.22. The van der Waals surface area contributed by atoms with Crippen molar-refractivity contribution in [3.05, 3.63) is 40.4 Å². The van der Waals surface area contributed by atoms with Crippen LogP contribution in [-0.4, -0.2) is 45.2 Å². The highest BCUT2D eigenvalue weighted by atomic mass is 16.3. The zero-order valence-corrected chi connectivity index (χ0v) is 14.4. The Kier molecular flexibility index (Phi) is 5.63. The van der Waals surface area contributed by atoms with Crippen molar-refractivity contribution in [2.24, 2.45) is 0 Å². The maximum Gasteiger partial charge on any atom is 0.258 e. The monoisotopic (exact) mass is 329 g/mol. The van der Waals surface area contributed by atoms with Crippen LogP contribution in [0.1, 0.15) is 44.9 Å². The van der Waals surface area contributed by atoms with E-state index in [0.717, 1.165) is 17.9 Å². The zero-order valence-electron chi connectivity index (χ0n) is 14.4. The van der Waals surface area contributed by atoms with Gasteiger partial charge in [-0.1, -0.05) is 31.4 Å². The predicted molar refractivity (Wildman–Crippen MR) is 96.2 cm³/mol. The number of rotatable bonds is 6. The summed E-state index contributed by atoms with van der Waals surface area (Å²) in [5, 5.41) is 10.5. The molecular formula is C19H27N3O2. The number of aromatic nitrogens is 2. The molecule has 3 rings (SSSR count). The number of hydrogen-bond donors (Lipinski definition) is 2. The number of nitrogens with one attached hydrogen (secondary N) is 1. The third-order valence-corrected chi connectivity index (χ3v) is 4.89. The lowest BCUT2D eigenvalue weighted by Crippen LogP contribution is -2.42. The second-order valence-corrected chi connectivity index (χ2v) is 6.92. The van der Waals surface area contributed by atoms with Gasteiger partial charge in [0.05, 0.1) is 17.0 Å². The molecule has 2 aromatic rings. The van der Waals surface area contributed by atoms with Crippen LogP contribution in [0.15, 0.2) is 29.1 Å². The topological polar surface area (TPSA) is 69.2 Å². The highest BCUT2D eigenvalue weighted by molar-refractivity contribution is 5.77. The lowest BCUT2D eigenvalue weighted by Gasteiger charge is -2.35.